The lowest BCUT2D eigenvalue weighted by Gasteiger charge is -2.11. The lowest BCUT2D eigenvalue weighted by atomic mass is 10.2. The zero-order chi connectivity index (χ0) is 20.1. The van der Waals surface area contributed by atoms with Crippen LogP contribution < -0.4 is 10.6 Å². The molecule has 1 amide bonds. The summed E-state index contributed by atoms with van der Waals surface area (Å²) in [5.41, 5.74) is 1.87. The second kappa shape index (κ2) is 8.26. The SMILES string of the molecule is COC(=O)c1ccccc1Nc1nc(C)cc(C(=O)Nc2ccc(F)cc2)n1. The van der Waals surface area contributed by atoms with Crippen molar-refractivity contribution in [3.8, 4) is 0 Å². The van der Waals surface area contributed by atoms with Crippen molar-refractivity contribution in [3.05, 3.63) is 77.4 Å². The van der Waals surface area contributed by atoms with Crippen molar-refractivity contribution in [2.24, 2.45) is 0 Å². The molecule has 0 saturated carbocycles. The first-order chi connectivity index (χ1) is 13.5. The molecule has 0 spiro atoms. The minimum Gasteiger partial charge on any atom is -0.465 e. The van der Waals surface area contributed by atoms with E-state index in [-0.39, 0.29) is 11.6 Å². The van der Waals surface area contributed by atoms with E-state index in [0.29, 0.717) is 22.6 Å². The van der Waals surface area contributed by atoms with Gasteiger partial charge in [0.05, 0.1) is 18.4 Å². The Hall–Kier alpha value is -3.81. The fraction of sp³-hybridized carbons (Fsp3) is 0.100. The molecule has 1 heterocycles. The maximum Gasteiger partial charge on any atom is 0.339 e. The number of aryl methyl sites for hydroxylation is 1. The number of para-hydroxylation sites is 1. The maximum absolute atomic E-state index is 13.0. The van der Waals surface area contributed by atoms with Crippen LogP contribution in [0.5, 0.6) is 0 Å². The highest BCUT2D eigenvalue weighted by Crippen LogP contribution is 2.20. The molecule has 0 aliphatic heterocycles. The van der Waals surface area contributed by atoms with Crippen LogP contribution >= 0.6 is 0 Å². The number of hydrogen-bond acceptors (Lipinski definition) is 6. The first kappa shape index (κ1) is 19.0. The van der Waals surface area contributed by atoms with E-state index in [1.807, 2.05) is 0 Å². The number of hydrogen-bond donors (Lipinski definition) is 2. The van der Waals surface area contributed by atoms with Gasteiger partial charge in [0, 0.05) is 11.4 Å². The summed E-state index contributed by atoms with van der Waals surface area (Å²) in [7, 11) is 1.29. The van der Waals surface area contributed by atoms with Crippen molar-refractivity contribution in [3.63, 3.8) is 0 Å². The van der Waals surface area contributed by atoms with Crippen molar-refractivity contribution >= 4 is 29.2 Å². The Kier molecular flexibility index (Phi) is 5.59. The number of nitrogens with one attached hydrogen (secondary N) is 2. The summed E-state index contributed by atoms with van der Waals surface area (Å²) in [6, 6.07) is 13.6. The average Bonchev–Trinajstić information content (AvgIpc) is 2.69. The summed E-state index contributed by atoms with van der Waals surface area (Å²) in [5, 5.41) is 5.59. The van der Waals surface area contributed by atoms with Gasteiger partial charge in [-0.3, -0.25) is 4.79 Å². The number of methoxy groups -OCH3 is 1. The first-order valence-electron chi connectivity index (χ1n) is 8.33. The molecule has 3 aromatic rings. The van der Waals surface area contributed by atoms with Crippen LogP contribution in [0.15, 0.2) is 54.6 Å². The van der Waals surface area contributed by atoms with Crippen molar-refractivity contribution in [1.82, 2.24) is 9.97 Å². The van der Waals surface area contributed by atoms with Crippen LogP contribution in [-0.4, -0.2) is 29.0 Å². The summed E-state index contributed by atoms with van der Waals surface area (Å²) in [5.74, 6) is -1.22. The van der Waals surface area contributed by atoms with Gasteiger partial charge in [-0.15, -0.1) is 0 Å². The topological polar surface area (TPSA) is 93.2 Å². The summed E-state index contributed by atoms with van der Waals surface area (Å²) in [6.07, 6.45) is 0. The molecule has 2 aromatic carbocycles. The number of halogens is 1. The Balaban J connectivity index is 1.85. The molecule has 0 unspecified atom stereocenters. The molecule has 0 aliphatic rings. The predicted molar refractivity (Wildman–Crippen MR) is 102 cm³/mol. The predicted octanol–water partition coefficient (Wildman–Crippen LogP) is 3.71. The third-order valence-electron chi connectivity index (χ3n) is 3.77. The molecule has 0 aliphatic carbocycles. The van der Waals surface area contributed by atoms with Crippen LogP contribution in [-0.2, 0) is 4.74 Å². The van der Waals surface area contributed by atoms with Crippen molar-refractivity contribution in [2.75, 3.05) is 17.7 Å². The number of rotatable bonds is 5. The van der Waals surface area contributed by atoms with E-state index in [0.717, 1.165) is 0 Å². The van der Waals surface area contributed by atoms with Gasteiger partial charge >= 0.3 is 5.97 Å². The van der Waals surface area contributed by atoms with Gasteiger partial charge in [-0.2, -0.15) is 0 Å². The standard InChI is InChI=1S/C20H17FN4O3/c1-12-11-17(18(26)23-14-9-7-13(21)8-10-14)25-20(22-12)24-16-6-4-3-5-15(16)19(27)28-2/h3-11H,1-2H3,(H,23,26)(H,22,24,25). The highest BCUT2D eigenvalue weighted by molar-refractivity contribution is 6.03. The molecule has 28 heavy (non-hydrogen) atoms. The molecule has 8 heteroatoms. The van der Waals surface area contributed by atoms with Gasteiger partial charge in [0.15, 0.2) is 0 Å². The third kappa shape index (κ3) is 4.47. The molecule has 142 valence electrons. The zero-order valence-electron chi connectivity index (χ0n) is 15.2. The Morgan fingerprint density at radius 1 is 1.04 bits per heavy atom. The van der Waals surface area contributed by atoms with Crippen molar-refractivity contribution in [2.45, 2.75) is 6.92 Å². The minimum absolute atomic E-state index is 0.120. The third-order valence-corrected chi connectivity index (χ3v) is 3.77. The fourth-order valence-corrected chi connectivity index (χ4v) is 2.47. The Morgan fingerprint density at radius 3 is 2.46 bits per heavy atom. The largest absolute Gasteiger partial charge is 0.465 e. The van der Waals surface area contributed by atoms with Crippen LogP contribution in [0.25, 0.3) is 0 Å². The van der Waals surface area contributed by atoms with Gasteiger partial charge in [0.1, 0.15) is 11.5 Å². The molecule has 2 N–H and O–H groups in total. The number of ether oxygens (including phenoxy) is 1. The molecule has 3 rings (SSSR count). The molecule has 1 aromatic heterocycles. The number of carbonyl (C=O) groups excluding carboxylic acids is 2. The second-order valence-electron chi connectivity index (χ2n) is 5.84. The van der Waals surface area contributed by atoms with E-state index in [2.05, 4.69) is 20.6 Å². The van der Waals surface area contributed by atoms with Crippen LogP contribution in [0, 0.1) is 12.7 Å². The highest BCUT2D eigenvalue weighted by atomic mass is 19.1. The molecule has 0 bridgehead atoms. The molecule has 0 fully saturated rings. The zero-order valence-corrected chi connectivity index (χ0v) is 15.2. The summed E-state index contributed by atoms with van der Waals surface area (Å²) < 4.78 is 17.8. The van der Waals surface area contributed by atoms with E-state index in [1.165, 1.54) is 37.4 Å². The van der Waals surface area contributed by atoms with E-state index in [4.69, 9.17) is 4.74 Å². The van der Waals surface area contributed by atoms with Crippen LogP contribution in [0.2, 0.25) is 0 Å². The smallest absolute Gasteiger partial charge is 0.339 e. The van der Waals surface area contributed by atoms with E-state index in [9.17, 15) is 14.0 Å². The molecular formula is C20H17FN4O3. The second-order valence-corrected chi connectivity index (χ2v) is 5.84. The summed E-state index contributed by atoms with van der Waals surface area (Å²) in [4.78, 5) is 32.8. The molecular weight excluding hydrogens is 363 g/mol. The minimum atomic E-state index is -0.509. The number of nitrogens with zero attached hydrogens (tertiary/aromatic N) is 2. The van der Waals surface area contributed by atoms with Crippen molar-refractivity contribution in [1.29, 1.82) is 0 Å². The number of esters is 1. The highest BCUT2D eigenvalue weighted by Gasteiger charge is 2.15. The van der Waals surface area contributed by atoms with Gasteiger partial charge < -0.3 is 15.4 Å². The Bertz CT molecular complexity index is 1020. The van der Waals surface area contributed by atoms with Gasteiger partial charge in [0.2, 0.25) is 5.95 Å². The number of aromatic nitrogens is 2. The average molecular weight is 380 g/mol. The summed E-state index contributed by atoms with van der Waals surface area (Å²) in [6.45, 7) is 1.72. The van der Waals surface area contributed by atoms with Crippen LogP contribution in [0.4, 0.5) is 21.7 Å². The van der Waals surface area contributed by atoms with E-state index < -0.39 is 17.7 Å². The lowest BCUT2D eigenvalue weighted by Crippen LogP contribution is -2.16. The van der Waals surface area contributed by atoms with Gasteiger partial charge in [-0.05, 0) is 49.4 Å². The number of anilines is 3. The fourth-order valence-electron chi connectivity index (χ4n) is 2.47. The van der Waals surface area contributed by atoms with E-state index in [1.54, 1.807) is 31.2 Å². The van der Waals surface area contributed by atoms with Crippen LogP contribution in [0.3, 0.4) is 0 Å². The lowest BCUT2D eigenvalue weighted by molar-refractivity contribution is 0.0601. The molecule has 7 nitrogen and oxygen atoms in total. The first-order valence-corrected chi connectivity index (χ1v) is 8.33. The van der Waals surface area contributed by atoms with Gasteiger partial charge in [-0.25, -0.2) is 19.2 Å². The number of amides is 1. The van der Waals surface area contributed by atoms with Gasteiger partial charge in [-0.1, -0.05) is 12.1 Å². The number of benzene rings is 2. The Labute approximate surface area is 160 Å². The van der Waals surface area contributed by atoms with Crippen molar-refractivity contribution < 1.29 is 18.7 Å². The number of carbonyl (C=O) groups is 2. The molecule has 0 atom stereocenters. The van der Waals surface area contributed by atoms with E-state index >= 15 is 0 Å². The summed E-state index contributed by atoms with van der Waals surface area (Å²) >= 11 is 0. The maximum atomic E-state index is 13.0. The monoisotopic (exact) mass is 380 g/mol. The molecule has 0 radical (unpaired) electrons. The van der Waals surface area contributed by atoms with Crippen LogP contribution in [0.1, 0.15) is 26.5 Å². The van der Waals surface area contributed by atoms with Gasteiger partial charge in [0.25, 0.3) is 5.91 Å². The normalized spacial score (nSPS) is 10.2. The quantitative estimate of drug-likeness (QED) is 0.656. The molecule has 0 saturated heterocycles. The Morgan fingerprint density at radius 2 is 1.75 bits per heavy atom.